The lowest BCUT2D eigenvalue weighted by Gasteiger charge is -2.26. The average Bonchev–Trinajstić information content (AvgIpc) is 3.13. The maximum atomic E-state index is 12.8. The monoisotopic (exact) mass is 345 g/mol. The van der Waals surface area contributed by atoms with E-state index in [2.05, 4.69) is 10.2 Å². The van der Waals surface area contributed by atoms with Gasteiger partial charge in [-0.15, -0.1) is 0 Å². The van der Waals surface area contributed by atoms with Crippen LogP contribution in [0.4, 0.5) is 0 Å². The number of methoxy groups -OCH3 is 3. The van der Waals surface area contributed by atoms with E-state index in [4.69, 9.17) is 14.2 Å². The van der Waals surface area contributed by atoms with E-state index < -0.39 is 0 Å². The number of benzene rings is 1. The summed E-state index contributed by atoms with van der Waals surface area (Å²) < 4.78 is 15.9. The lowest BCUT2D eigenvalue weighted by molar-refractivity contribution is 0.0722. The van der Waals surface area contributed by atoms with Crippen molar-refractivity contribution < 1.29 is 19.0 Å². The molecule has 1 aromatic heterocycles. The van der Waals surface area contributed by atoms with Crippen molar-refractivity contribution >= 4 is 5.91 Å². The third kappa shape index (κ3) is 2.95. The summed E-state index contributed by atoms with van der Waals surface area (Å²) in [5.41, 5.74) is 3.29. The number of nitrogens with one attached hydrogen (secondary N) is 1. The van der Waals surface area contributed by atoms with Crippen LogP contribution >= 0.6 is 0 Å². The zero-order chi connectivity index (χ0) is 18.0. The van der Waals surface area contributed by atoms with E-state index in [1.165, 1.54) is 0 Å². The first-order valence-electron chi connectivity index (χ1n) is 8.19. The molecule has 25 heavy (non-hydrogen) atoms. The first-order chi connectivity index (χ1) is 12.1. The summed E-state index contributed by atoms with van der Waals surface area (Å²) in [6.45, 7) is 3.14. The second-order valence-electron chi connectivity index (χ2n) is 5.97. The van der Waals surface area contributed by atoms with Gasteiger partial charge in [-0.25, -0.2) is 0 Å². The van der Waals surface area contributed by atoms with Crippen molar-refractivity contribution in [2.24, 2.45) is 0 Å². The molecule has 1 aliphatic heterocycles. The van der Waals surface area contributed by atoms with E-state index >= 15 is 0 Å². The number of amides is 1. The largest absolute Gasteiger partial charge is 0.493 e. The highest BCUT2D eigenvalue weighted by atomic mass is 16.5. The van der Waals surface area contributed by atoms with Crippen LogP contribution in [0.5, 0.6) is 11.5 Å². The third-order valence-electron chi connectivity index (χ3n) is 4.51. The number of carbonyl (C=O) groups is 1. The molecule has 7 nitrogen and oxygen atoms in total. The Bertz CT molecular complexity index is 772. The molecule has 3 rings (SSSR count). The van der Waals surface area contributed by atoms with Crippen LogP contribution in [0.2, 0.25) is 0 Å². The normalized spacial score (nSPS) is 16.2. The zero-order valence-corrected chi connectivity index (χ0v) is 15.0. The van der Waals surface area contributed by atoms with Gasteiger partial charge in [-0.05, 0) is 31.0 Å². The highest BCUT2D eigenvalue weighted by molar-refractivity contribution is 5.98. The summed E-state index contributed by atoms with van der Waals surface area (Å²) in [6, 6.07) is 5.54. The summed E-state index contributed by atoms with van der Waals surface area (Å²) in [4.78, 5) is 14.7. The van der Waals surface area contributed by atoms with Gasteiger partial charge in [0.1, 0.15) is 0 Å². The number of fused-ring (bicyclic) bond motifs is 1. The van der Waals surface area contributed by atoms with Crippen LogP contribution < -0.4 is 9.47 Å². The molecule has 134 valence electrons. The maximum Gasteiger partial charge on any atom is 0.275 e. The van der Waals surface area contributed by atoms with E-state index in [9.17, 15) is 4.79 Å². The molecule has 0 radical (unpaired) electrons. The van der Waals surface area contributed by atoms with Crippen molar-refractivity contribution in [3.8, 4) is 11.5 Å². The van der Waals surface area contributed by atoms with E-state index in [1.807, 2.05) is 30.0 Å². The molecule has 7 heteroatoms. The maximum absolute atomic E-state index is 12.8. The molecule has 0 saturated heterocycles. The Morgan fingerprint density at radius 1 is 1.20 bits per heavy atom. The first-order valence-corrected chi connectivity index (χ1v) is 8.19. The average molecular weight is 345 g/mol. The van der Waals surface area contributed by atoms with Crippen molar-refractivity contribution in [3.63, 3.8) is 0 Å². The third-order valence-corrected chi connectivity index (χ3v) is 4.51. The molecule has 0 bridgehead atoms. The van der Waals surface area contributed by atoms with Gasteiger partial charge in [-0.1, -0.05) is 6.07 Å². The number of aryl methyl sites for hydroxylation is 1. The Morgan fingerprint density at radius 3 is 2.64 bits per heavy atom. The van der Waals surface area contributed by atoms with Gasteiger partial charge < -0.3 is 19.1 Å². The number of ether oxygens (including phenoxy) is 3. The van der Waals surface area contributed by atoms with Crippen LogP contribution in [0.3, 0.4) is 0 Å². The number of hydrogen-bond donors (Lipinski definition) is 1. The van der Waals surface area contributed by atoms with Crippen LogP contribution in [-0.4, -0.2) is 55.5 Å². The van der Waals surface area contributed by atoms with Crippen molar-refractivity contribution in [1.29, 1.82) is 0 Å². The molecule has 1 aliphatic rings. The summed E-state index contributed by atoms with van der Waals surface area (Å²) in [5.74, 6) is 1.24. The van der Waals surface area contributed by atoms with Crippen molar-refractivity contribution in [3.05, 3.63) is 40.7 Å². The predicted molar refractivity (Wildman–Crippen MR) is 92.2 cm³/mol. The van der Waals surface area contributed by atoms with Crippen LogP contribution in [0.25, 0.3) is 0 Å². The number of aromatic amines is 1. The lowest BCUT2D eigenvalue weighted by atomic mass is 9.98. The Morgan fingerprint density at radius 2 is 1.96 bits per heavy atom. The second kappa shape index (κ2) is 7.14. The van der Waals surface area contributed by atoms with Crippen molar-refractivity contribution in [1.82, 2.24) is 15.1 Å². The number of H-pyrrole nitrogens is 1. The van der Waals surface area contributed by atoms with Gasteiger partial charge in [-0.2, -0.15) is 5.10 Å². The zero-order valence-electron chi connectivity index (χ0n) is 15.0. The molecule has 0 fully saturated rings. The van der Waals surface area contributed by atoms with Crippen molar-refractivity contribution in [2.45, 2.75) is 19.4 Å². The topological polar surface area (TPSA) is 76.7 Å². The molecule has 1 aromatic carbocycles. The van der Waals surface area contributed by atoms with Gasteiger partial charge in [0.15, 0.2) is 17.2 Å². The first kappa shape index (κ1) is 17.3. The highest BCUT2D eigenvalue weighted by Gasteiger charge is 2.41. The summed E-state index contributed by atoms with van der Waals surface area (Å²) in [5, 5.41) is 7.13. The molecule has 1 unspecified atom stereocenters. The standard InChI is InChI=1S/C18H23N3O4/c1-11-15-16(20-19-11)18(22)21(8-5-9-23-2)17(15)12-6-7-13(24-3)14(10-12)25-4/h6-7,10,17H,5,8-9H2,1-4H3,(H,19,20). The van der Waals surface area contributed by atoms with E-state index in [0.29, 0.717) is 30.3 Å². The fourth-order valence-corrected chi connectivity index (χ4v) is 3.32. The van der Waals surface area contributed by atoms with Crippen LogP contribution in [-0.2, 0) is 4.74 Å². The van der Waals surface area contributed by atoms with Gasteiger partial charge in [0, 0.05) is 31.5 Å². The Labute approximate surface area is 146 Å². The number of nitrogens with zero attached hydrogens (tertiary/aromatic N) is 2. The van der Waals surface area contributed by atoms with Gasteiger partial charge in [0.25, 0.3) is 5.91 Å². The molecule has 0 saturated carbocycles. The van der Waals surface area contributed by atoms with E-state index in [-0.39, 0.29) is 11.9 Å². The smallest absolute Gasteiger partial charge is 0.275 e. The minimum atomic E-state index is -0.196. The Kier molecular flexibility index (Phi) is 4.94. The van der Waals surface area contributed by atoms with Crippen LogP contribution in [0.1, 0.15) is 39.8 Å². The van der Waals surface area contributed by atoms with Crippen LogP contribution in [0.15, 0.2) is 18.2 Å². The molecule has 0 spiro atoms. The molecule has 1 atom stereocenters. The fraction of sp³-hybridized carbons (Fsp3) is 0.444. The van der Waals surface area contributed by atoms with Gasteiger partial charge >= 0.3 is 0 Å². The Balaban J connectivity index is 2.03. The predicted octanol–water partition coefficient (Wildman–Crippen LogP) is 2.32. The highest BCUT2D eigenvalue weighted by Crippen LogP contribution is 2.41. The number of carbonyl (C=O) groups excluding carboxylic acids is 1. The molecular formula is C18H23N3O4. The number of aromatic nitrogens is 2. The molecule has 0 aliphatic carbocycles. The molecule has 2 aromatic rings. The van der Waals surface area contributed by atoms with Gasteiger partial charge in [0.05, 0.1) is 20.3 Å². The second-order valence-corrected chi connectivity index (χ2v) is 5.97. The quantitative estimate of drug-likeness (QED) is 0.779. The van der Waals surface area contributed by atoms with Crippen LogP contribution in [0, 0.1) is 6.92 Å². The molecule has 1 amide bonds. The molecular weight excluding hydrogens is 322 g/mol. The molecule has 1 N–H and O–H groups in total. The fourth-order valence-electron chi connectivity index (χ4n) is 3.32. The minimum absolute atomic E-state index is 0.0600. The summed E-state index contributed by atoms with van der Waals surface area (Å²) in [7, 11) is 4.87. The van der Waals surface area contributed by atoms with Gasteiger partial charge in [0.2, 0.25) is 0 Å². The van der Waals surface area contributed by atoms with Gasteiger partial charge in [-0.3, -0.25) is 9.89 Å². The summed E-state index contributed by atoms with van der Waals surface area (Å²) in [6.07, 6.45) is 0.763. The van der Waals surface area contributed by atoms with E-state index in [0.717, 1.165) is 23.2 Å². The summed E-state index contributed by atoms with van der Waals surface area (Å²) >= 11 is 0. The van der Waals surface area contributed by atoms with E-state index in [1.54, 1.807) is 21.3 Å². The Hall–Kier alpha value is -2.54. The lowest BCUT2D eigenvalue weighted by Crippen LogP contribution is -2.31. The number of hydrogen-bond acceptors (Lipinski definition) is 5. The van der Waals surface area contributed by atoms with Crippen molar-refractivity contribution in [2.75, 3.05) is 34.5 Å². The number of rotatable bonds is 7. The minimum Gasteiger partial charge on any atom is -0.493 e. The SMILES string of the molecule is COCCCN1C(=O)c2n[nH]c(C)c2C1c1ccc(OC)c(OC)c1. The molecule has 2 heterocycles.